The minimum absolute atomic E-state index is 0.0820. The van der Waals surface area contributed by atoms with Gasteiger partial charge in [-0.1, -0.05) is 12.0 Å². The van der Waals surface area contributed by atoms with Crippen molar-refractivity contribution in [1.29, 1.82) is 0 Å². The molecule has 0 radical (unpaired) electrons. The molecule has 2 fully saturated rings. The van der Waals surface area contributed by atoms with E-state index in [2.05, 4.69) is 32.1 Å². The molecule has 0 atom stereocenters. The Bertz CT molecular complexity index is 1700. The second kappa shape index (κ2) is 13.6. The maximum absolute atomic E-state index is 13.6. The van der Waals surface area contributed by atoms with Gasteiger partial charge in [0.05, 0.1) is 41.6 Å². The summed E-state index contributed by atoms with van der Waals surface area (Å²) in [5, 5.41) is 6.74. The summed E-state index contributed by atoms with van der Waals surface area (Å²) in [6.07, 6.45) is -4.91. The highest BCUT2D eigenvalue weighted by Crippen LogP contribution is 2.34. The summed E-state index contributed by atoms with van der Waals surface area (Å²) in [4.78, 5) is 2.08. The Balaban J connectivity index is 1.34. The van der Waals surface area contributed by atoms with Crippen molar-refractivity contribution >= 4 is 32.1 Å². The number of alkyl halides is 6. The lowest BCUT2D eigenvalue weighted by Crippen LogP contribution is -2.46. The second-order valence-corrected chi connectivity index (χ2v) is 13.4. The number of ether oxygens (including phenoxy) is 2. The molecule has 1 aliphatic carbocycles. The Morgan fingerprint density at radius 2 is 1.70 bits per heavy atom. The standard InChI is InChI=1S/C31H34F6N4O4S/c1-46(42,43)24-11-12-27(29(19-24)45-31(35,36)37)38-13-3-4-23-18-25-26(5-2-6-28(25)41(23)20-30(32,33)34)39-21-7-9-22(10-8-21)40-14-16-44-17-15-40/h2,5-6,11-12,18-19,21-22,38-39H,7-10,13-17,20H2,1H3/t21-,22+. The highest BCUT2D eigenvalue weighted by atomic mass is 32.2. The molecule has 8 nitrogen and oxygen atoms in total. The molecule has 3 aromatic rings. The summed E-state index contributed by atoms with van der Waals surface area (Å²) in [7, 11) is -3.82. The number of benzene rings is 2. The van der Waals surface area contributed by atoms with Crippen molar-refractivity contribution in [2.45, 2.75) is 61.7 Å². The van der Waals surface area contributed by atoms with Gasteiger partial charge in [0.2, 0.25) is 0 Å². The Kier molecular flexibility index (Phi) is 10.00. The lowest BCUT2D eigenvalue weighted by atomic mass is 9.89. The van der Waals surface area contributed by atoms with Crippen LogP contribution >= 0.6 is 0 Å². The van der Waals surface area contributed by atoms with Crippen LogP contribution in [0.2, 0.25) is 0 Å². The van der Waals surface area contributed by atoms with Crippen LogP contribution < -0.4 is 15.4 Å². The Hall–Kier alpha value is -3.61. The Labute approximate surface area is 262 Å². The lowest BCUT2D eigenvalue weighted by molar-refractivity contribution is -0.274. The molecule has 1 saturated heterocycles. The third-order valence-corrected chi connectivity index (χ3v) is 9.20. The minimum atomic E-state index is -5.09. The van der Waals surface area contributed by atoms with Gasteiger partial charge in [-0.3, -0.25) is 4.90 Å². The van der Waals surface area contributed by atoms with Crippen LogP contribution in [0.1, 0.15) is 31.4 Å². The molecule has 250 valence electrons. The Morgan fingerprint density at radius 3 is 2.35 bits per heavy atom. The van der Waals surface area contributed by atoms with Crippen molar-refractivity contribution in [3.63, 3.8) is 0 Å². The summed E-state index contributed by atoms with van der Waals surface area (Å²) < 4.78 is 114. The highest BCUT2D eigenvalue weighted by Gasteiger charge is 2.33. The number of nitrogens with zero attached hydrogens (tertiary/aromatic N) is 2. The minimum Gasteiger partial charge on any atom is -0.404 e. The number of aromatic nitrogens is 1. The van der Waals surface area contributed by atoms with Gasteiger partial charge in [-0.05, 0) is 61.9 Å². The number of hydrogen-bond acceptors (Lipinski definition) is 7. The van der Waals surface area contributed by atoms with Gasteiger partial charge in [-0.25, -0.2) is 8.42 Å². The number of fused-ring (bicyclic) bond motifs is 1. The number of halogens is 6. The van der Waals surface area contributed by atoms with E-state index in [4.69, 9.17) is 4.74 Å². The summed E-state index contributed by atoms with van der Waals surface area (Å²) in [5.41, 5.74) is 0.941. The molecule has 1 aromatic heterocycles. The fraction of sp³-hybridized carbons (Fsp3) is 0.484. The number of morpholine rings is 1. The molecule has 46 heavy (non-hydrogen) atoms. The quantitative estimate of drug-likeness (QED) is 0.224. The number of sulfone groups is 1. The maximum atomic E-state index is 13.6. The van der Waals surface area contributed by atoms with E-state index in [1.165, 1.54) is 0 Å². The first kappa shape index (κ1) is 33.7. The van der Waals surface area contributed by atoms with Crippen molar-refractivity contribution in [2.24, 2.45) is 0 Å². The van der Waals surface area contributed by atoms with Gasteiger partial charge in [0.1, 0.15) is 6.54 Å². The van der Waals surface area contributed by atoms with Crippen LogP contribution in [0.25, 0.3) is 10.9 Å². The molecule has 0 unspecified atom stereocenters. The van der Waals surface area contributed by atoms with Gasteiger partial charge < -0.3 is 24.7 Å². The molecule has 2 aliphatic rings. The van der Waals surface area contributed by atoms with E-state index in [0.29, 0.717) is 22.6 Å². The van der Waals surface area contributed by atoms with Crippen LogP contribution in [0.15, 0.2) is 47.4 Å². The third kappa shape index (κ3) is 8.80. The average Bonchev–Trinajstić information content (AvgIpc) is 3.32. The number of hydrogen-bond donors (Lipinski definition) is 2. The van der Waals surface area contributed by atoms with Crippen LogP contribution in [0.5, 0.6) is 5.75 Å². The molecule has 15 heteroatoms. The summed E-state index contributed by atoms with van der Waals surface area (Å²) in [5.74, 6) is 4.61. The van der Waals surface area contributed by atoms with Gasteiger partial charge in [0.15, 0.2) is 15.6 Å². The predicted octanol–water partition coefficient (Wildman–Crippen LogP) is 6.02. The van der Waals surface area contributed by atoms with Crippen molar-refractivity contribution in [2.75, 3.05) is 49.7 Å². The Morgan fingerprint density at radius 1 is 0.978 bits per heavy atom. The first-order chi connectivity index (χ1) is 21.7. The van der Waals surface area contributed by atoms with E-state index >= 15 is 0 Å². The van der Waals surface area contributed by atoms with E-state index in [0.717, 1.165) is 81.0 Å². The zero-order chi connectivity index (χ0) is 33.1. The van der Waals surface area contributed by atoms with E-state index in [-0.39, 0.29) is 28.9 Å². The van der Waals surface area contributed by atoms with Gasteiger partial charge >= 0.3 is 12.5 Å². The molecule has 2 heterocycles. The van der Waals surface area contributed by atoms with E-state index in [9.17, 15) is 34.8 Å². The molecule has 2 aromatic carbocycles. The molecule has 5 rings (SSSR count). The fourth-order valence-electron chi connectivity index (χ4n) is 5.97. The van der Waals surface area contributed by atoms with E-state index < -0.39 is 34.7 Å². The monoisotopic (exact) mass is 672 g/mol. The smallest absolute Gasteiger partial charge is 0.404 e. The predicted molar refractivity (Wildman–Crippen MR) is 162 cm³/mol. The number of anilines is 2. The number of rotatable bonds is 8. The summed E-state index contributed by atoms with van der Waals surface area (Å²) in [6.45, 7) is 1.78. The van der Waals surface area contributed by atoms with E-state index in [1.807, 2.05) is 6.07 Å². The van der Waals surface area contributed by atoms with Gasteiger partial charge in [-0.15, -0.1) is 13.2 Å². The van der Waals surface area contributed by atoms with Crippen LogP contribution in [-0.4, -0.2) is 81.6 Å². The molecule has 0 amide bonds. The van der Waals surface area contributed by atoms with Crippen LogP contribution in [0.3, 0.4) is 0 Å². The summed E-state index contributed by atoms with van der Waals surface area (Å²) >= 11 is 0. The number of nitrogens with one attached hydrogen (secondary N) is 2. The maximum Gasteiger partial charge on any atom is 0.573 e. The van der Waals surface area contributed by atoms with Crippen molar-refractivity contribution in [3.05, 3.63) is 48.2 Å². The zero-order valence-corrected chi connectivity index (χ0v) is 25.8. The molecular formula is C31H34F6N4O4S. The molecule has 0 bridgehead atoms. The fourth-order valence-corrected chi connectivity index (χ4v) is 6.61. The normalized spacial score (nSPS) is 19.8. The van der Waals surface area contributed by atoms with E-state index in [1.54, 1.807) is 18.2 Å². The first-order valence-corrected chi connectivity index (χ1v) is 16.7. The topological polar surface area (TPSA) is 84.8 Å². The zero-order valence-electron chi connectivity index (χ0n) is 25.0. The van der Waals surface area contributed by atoms with Crippen molar-refractivity contribution in [3.8, 4) is 17.6 Å². The highest BCUT2D eigenvalue weighted by molar-refractivity contribution is 7.90. The lowest BCUT2D eigenvalue weighted by Gasteiger charge is -2.39. The van der Waals surface area contributed by atoms with Crippen molar-refractivity contribution < 1.29 is 44.2 Å². The van der Waals surface area contributed by atoms with Gasteiger partial charge in [-0.2, -0.15) is 13.2 Å². The first-order valence-electron chi connectivity index (χ1n) is 14.8. The third-order valence-electron chi connectivity index (χ3n) is 8.09. The molecular weight excluding hydrogens is 638 g/mol. The summed E-state index contributed by atoms with van der Waals surface area (Å²) in [6, 6.07) is 10.3. The van der Waals surface area contributed by atoms with Gasteiger partial charge in [0.25, 0.3) is 0 Å². The van der Waals surface area contributed by atoms with Crippen LogP contribution in [0.4, 0.5) is 37.7 Å². The molecule has 2 N–H and O–H groups in total. The molecule has 1 saturated carbocycles. The van der Waals surface area contributed by atoms with Crippen molar-refractivity contribution in [1.82, 2.24) is 9.47 Å². The van der Waals surface area contributed by atoms with Gasteiger partial charge in [0, 0.05) is 48.6 Å². The molecule has 0 spiro atoms. The second-order valence-electron chi connectivity index (χ2n) is 11.4. The van der Waals surface area contributed by atoms with Crippen LogP contribution in [0, 0.1) is 11.8 Å². The average molecular weight is 673 g/mol. The SMILES string of the molecule is CS(=O)(=O)c1ccc(NCC#Cc2cc3c(N[C@H]4CC[C@@H](N5CCOCC5)CC4)cccc3n2CC(F)(F)F)c(OC(F)(F)F)c1. The van der Waals surface area contributed by atoms with Crippen LogP contribution in [-0.2, 0) is 21.1 Å². The largest absolute Gasteiger partial charge is 0.573 e. The molecule has 1 aliphatic heterocycles.